The second kappa shape index (κ2) is 13.7. The van der Waals surface area contributed by atoms with Gasteiger partial charge in [0, 0.05) is 32.1 Å². The number of hydrogen-bond acceptors (Lipinski definition) is 7. The van der Waals surface area contributed by atoms with E-state index in [0.29, 0.717) is 38.1 Å². The standard InChI is InChI=1S/C21H20F5N3O2.C5H4F3N3O/c1-21(25,26)14-11-27-18(28-12-14)16-9-13-5-7-29(19(30)15(13)10-17(16)22)6-3-2-4-8-31-20(23)24;6-5(7,8)3-2(9)1-10-11-4(3)12/h5,7,9-12,20H,2-4,6,8H2,1H3;1H,(H3,9,11,12). The molecule has 0 saturated heterocycles. The van der Waals surface area contributed by atoms with E-state index in [-0.39, 0.29) is 28.9 Å². The van der Waals surface area contributed by atoms with Gasteiger partial charge in [-0.05, 0) is 42.8 Å². The first kappa shape index (κ1) is 33.1. The van der Waals surface area contributed by atoms with Crippen molar-refractivity contribution in [3.63, 3.8) is 0 Å². The molecule has 9 nitrogen and oxygen atoms in total. The Morgan fingerprint density at radius 2 is 1.70 bits per heavy atom. The van der Waals surface area contributed by atoms with Crippen LogP contribution < -0.4 is 16.9 Å². The number of unbranched alkanes of at least 4 members (excludes halogenated alkanes) is 2. The number of nitrogens with two attached hydrogens (primary N) is 1. The number of hydrogen-bond donors (Lipinski definition) is 2. The van der Waals surface area contributed by atoms with Gasteiger partial charge in [0.05, 0.1) is 35.0 Å². The molecule has 3 aromatic heterocycles. The molecule has 4 rings (SSSR count). The topological polar surface area (TPSA) is 129 Å². The molecule has 17 heteroatoms. The number of aryl methyl sites for hydroxylation is 1. The number of halogens is 8. The predicted octanol–water partition coefficient (Wildman–Crippen LogP) is 5.49. The fourth-order valence-corrected chi connectivity index (χ4v) is 3.78. The number of nitrogens with zero attached hydrogens (tertiary/aromatic N) is 4. The smallest absolute Gasteiger partial charge is 0.397 e. The number of alkyl halides is 7. The lowest BCUT2D eigenvalue weighted by molar-refractivity contribution is -0.138. The monoisotopic (exact) mass is 620 g/mol. The Labute approximate surface area is 237 Å². The number of anilines is 1. The third-order valence-electron chi connectivity index (χ3n) is 5.92. The van der Waals surface area contributed by atoms with Crippen LogP contribution >= 0.6 is 0 Å². The van der Waals surface area contributed by atoms with Crippen LogP contribution in [0.4, 0.5) is 40.8 Å². The summed E-state index contributed by atoms with van der Waals surface area (Å²) >= 11 is 0. The quantitative estimate of drug-likeness (QED) is 0.187. The van der Waals surface area contributed by atoms with Crippen molar-refractivity contribution in [2.24, 2.45) is 0 Å². The van der Waals surface area contributed by atoms with Crippen LogP contribution in [-0.2, 0) is 23.4 Å². The molecule has 3 N–H and O–H groups in total. The van der Waals surface area contributed by atoms with Crippen molar-refractivity contribution in [1.82, 2.24) is 24.7 Å². The molecule has 1 aromatic carbocycles. The van der Waals surface area contributed by atoms with E-state index >= 15 is 0 Å². The summed E-state index contributed by atoms with van der Waals surface area (Å²) in [7, 11) is 0. The van der Waals surface area contributed by atoms with Gasteiger partial charge in [-0.25, -0.2) is 28.2 Å². The van der Waals surface area contributed by atoms with Crippen molar-refractivity contribution < 1.29 is 39.9 Å². The average Bonchev–Trinajstić information content (AvgIpc) is 2.91. The van der Waals surface area contributed by atoms with Gasteiger partial charge in [0.1, 0.15) is 11.4 Å². The van der Waals surface area contributed by atoms with Crippen LogP contribution in [0.15, 0.2) is 52.6 Å². The summed E-state index contributed by atoms with van der Waals surface area (Å²) < 4.78 is 107. The van der Waals surface area contributed by atoms with E-state index < -0.39 is 46.9 Å². The Hall–Kier alpha value is -4.41. The van der Waals surface area contributed by atoms with Crippen LogP contribution in [0.25, 0.3) is 22.2 Å². The van der Waals surface area contributed by atoms with Crippen molar-refractivity contribution in [2.45, 2.75) is 51.4 Å². The number of ether oxygens (including phenoxy) is 1. The second-order valence-electron chi connectivity index (χ2n) is 9.14. The Kier molecular flexibility index (Phi) is 10.6. The molecular weight excluding hydrogens is 596 g/mol. The van der Waals surface area contributed by atoms with Gasteiger partial charge < -0.3 is 15.0 Å². The molecule has 0 unspecified atom stereocenters. The third kappa shape index (κ3) is 8.79. The molecule has 0 bridgehead atoms. The summed E-state index contributed by atoms with van der Waals surface area (Å²) in [4.78, 5) is 30.9. The zero-order valence-electron chi connectivity index (χ0n) is 22.3. The Balaban J connectivity index is 0.000000353. The third-order valence-corrected chi connectivity index (χ3v) is 5.92. The molecule has 0 radical (unpaired) electrons. The van der Waals surface area contributed by atoms with Gasteiger partial charge >= 0.3 is 12.8 Å². The van der Waals surface area contributed by atoms with Gasteiger partial charge in [-0.3, -0.25) is 9.59 Å². The number of nitrogen functional groups attached to an aromatic ring is 1. The number of nitrogens with one attached hydrogen (secondary N) is 1. The van der Waals surface area contributed by atoms with Gasteiger partial charge in [-0.1, -0.05) is 0 Å². The maximum Gasteiger partial charge on any atom is 0.423 e. The van der Waals surface area contributed by atoms with Crippen LogP contribution in [0.2, 0.25) is 0 Å². The number of pyridine rings is 1. The first-order chi connectivity index (χ1) is 20.1. The fraction of sp³-hybridized carbons (Fsp3) is 0.346. The lowest BCUT2D eigenvalue weighted by Crippen LogP contribution is -2.24. The van der Waals surface area contributed by atoms with Gasteiger partial charge in [0.2, 0.25) is 0 Å². The fourth-order valence-electron chi connectivity index (χ4n) is 3.78. The zero-order chi connectivity index (χ0) is 31.9. The van der Waals surface area contributed by atoms with E-state index in [1.807, 2.05) is 0 Å². The summed E-state index contributed by atoms with van der Waals surface area (Å²) in [5.41, 5.74) is 0.707. The lowest BCUT2D eigenvalue weighted by Gasteiger charge is -2.11. The van der Waals surface area contributed by atoms with Crippen LogP contribution in [0, 0.1) is 5.82 Å². The van der Waals surface area contributed by atoms with Gasteiger partial charge in [0.25, 0.3) is 17.0 Å². The first-order valence-corrected chi connectivity index (χ1v) is 12.4. The minimum Gasteiger partial charge on any atom is -0.397 e. The zero-order valence-corrected chi connectivity index (χ0v) is 22.3. The SMILES string of the molecule is CC(F)(F)c1cnc(-c2cc3ccn(CCCCCOC(F)F)c(=O)c3cc2F)nc1.Nc1cn[nH]c(=O)c1C(F)(F)F. The molecule has 4 aromatic rings. The normalized spacial score (nSPS) is 12.0. The van der Waals surface area contributed by atoms with Crippen LogP contribution in [0.5, 0.6) is 0 Å². The minimum atomic E-state index is -4.74. The maximum atomic E-state index is 14.7. The highest BCUT2D eigenvalue weighted by Gasteiger charge is 2.36. The Bertz CT molecular complexity index is 1650. The van der Waals surface area contributed by atoms with Crippen molar-refractivity contribution >= 4 is 16.5 Å². The molecule has 0 fully saturated rings. The first-order valence-electron chi connectivity index (χ1n) is 12.4. The molecule has 0 amide bonds. The summed E-state index contributed by atoms with van der Waals surface area (Å²) in [6.45, 7) is -1.79. The van der Waals surface area contributed by atoms with Crippen molar-refractivity contribution in [1.29, 1.82) is 0 Å². The molecule has 0 spiro atoms. The molecule has 232 valence electrons. The molecule has 0 atom stereocenters. The Morgan fingerprint density at radius 1 is 1.02 bits per heavy atom. The summed E-state index contributed by atoms with van der Waals surface area (Å²) in [5, 5.41) is 5.35. The molecule has 0 aliphatic carbocycles. The van der Waals surface area contributed by atoms with E-state index in [1.54, 1.807) is 17.4 Å². The highest BCUT2D eigenvalue weighted by molar-refractivity contribution is 5.85. The molecule has 0 aliphatic heterocycles. The van der Waals surface area contributed by atoms with Gasteiger partial charge in [-0.15, -0.1) is 0 Å². The summed E-state index contributed by atoms with van der Waals surface area (Å²) in [6, 6.07) is 4.11. The minimum absolute atomic E-state index is 0.00495. The van der Waals surface area contributed by atoms with Crippen LogP contribution in [0.3, 0.4) is 0 Å². The van der Waals surface area contributed by atoms with Crippen molar-refractivity contribution in [2.75, 3.05) is 12.3 Å². The average molecular weight is 621 g/mol. The highest BCUT2D eigenvalue weighted by atomic mass is 19.4. The van der Waals surface area contributed by atoms with E-state index in [9.17, 15) is 44.7 Å². The maximum absolute atomic E-state index is 14.7. The number of aromatic amines is 1. The summed E-state index contributed by atoms with van der Waals surface area (Å²) in [5.74, 6) is -3.92. The predicted molar refractivity (Wildman–Crippen MR) is 139 cm³/mol. The highest BCUT2D eigenvalue weighted by Crippen LogP contribution is 2.30. The Morgan fingerprint density at radius 3 is 2.26 bits per heavy atom. The largest absolute Gasteiger partial charge is 0.423 e. The summed E-state index contributed by atoms with van der Waals surface area (Å²) in [6.07, 6.45) is 1.05. The van der Waals surface area contributed by atoms with Gasteiger partial charge in [0.15, 0.2) is 5.82 Å². The van der Waals surface area contributed by atoms with E-state index in [2.05, 4.69) is 19.8 Å². The number of H-pyrrole nitrogens is 1. The number of fused-ring (bicyclic) bond motifs is 1. The van der Waals surface area contributed by atoms with Crippen LogP contribution in [-0.4, -0.2) is 38.0 Å². The van der Waals surface area contributed by atoms with E-state index in [4.69, 9.17) is 5.73 Å². The molecule has 43 heavy (non-hydrogen) atoms. The van der Waals surface area contributed by atoms with E-state index in [1.165, 1.54) is 10.6 Å². The molecule has 0 saturated carbocycles. The molecule has 0 aliphatic rings. The van der Waals surface area contributed by atoms with E-state index in [0.717, 1.165) is 24.7 Å². The molecular formula is C26H24F8N6O3. The van der Waals surface area contributed by atoms with Crippen LogP contribution in [0.1, 0.15) is 37.3 Å². The number of rotatable bonds is 9. The number of aromatic nitrogens is 5. The second-order valence-corrected chi connectivity index (χ2v) is 9.14. The van der Waals surface area contributed by atoms with Crippen molar-refractivity contribution in [3.05, 3.63) is 80.6 Å². The van der Waals surface area contributed by atoms with Crippen molar-refractivity contribution in [3.8, 4) is 11.4 Å². The van der Waals surface area contributed by atoms with Gasteiger partial charge in [-0.2, -0.15) is 27.1 Å². The lowest BCUT2D eigenvalue weighted by atomic mass is 10.1. The molecule has 3 heterocycles. The number of benzene rings is 1.